The third-order valence-corrected chi connectivity index (χ3v) is 4.93. The molecule has 156 valence electrons. The van der Waals surface area contributed by atoms with Gasteiger partial charge < -0.3 is 30.5 Å². The van der Waals surface area contributed by atoms with Crippen LogP contribution in [0.2, 0.25) is 0 Å². The normalized spacial score (nSPS) is 26.2. The minimum Gasteiger partial charge on any atom is -0.544 e. The van der Waals surface area contributed by atoms with Crippen LogP contribution in [0.4, 0.5) is 5.13 Å². The Morgan fingerprint density at radius 3 is 2.70 bits per heavy atom. The molecule has 15 heteroatoms. The van der Waals surface area contributed by atoms with Gasteiger partial charge in [-0.2, -0.15) is 5.06 Å². The molecule has 2 aliphatic rings. The van der Waals surface area contributed by atoms with E-state index in [1.165, 1.54) is 19.4 Å². The van der Waals surface area contributed by atoms with Crippen molar-refractivity contribution in [3.05, 3.63) is 11.1 Å². The third kappa shape index (κ3) is 4.27. The van der Waals surface area contributed by atoms with Crippen LogP contribution in [0.25, 0.3) is 0 Å². The van der Waals surface area contributed by atoms with Gasteiger partial charge in [0.15, 0.2) is 10.8 Å². The summed E-state index contributed by atoms with van der Waals surface area (Å²) >= 11 is 1.07. The van der Waals surface area contributed by atoms with Crippen molar-refractivity contribution in [2.45, 2.75) is 37.6 Å². The molecule has 0 aliphatic carbocycles. The molecule has 0 spiro atoms. The SMILES string of the molecule is CON=C(C(=O)N[C@@H]1C(=O)N(C2(C(=O)[O-])CCC(=O)O2)O[C@@H]1C)c1csc(N)n1.[Na+]. The monoisotopic (exact) mass is 449 g/mol. The van der Waals surface area contributed by atoms with E-state index < -0.39 is 41.6 Å². The van der Waals surface area contributed by atoms with Gasteiger partial charge >= 0.3 is 35.5 Å². The number of nitrogens with two attached hydrogens (primary N) is 1. The fourth-order valence-electron chi connectivity index (χ4n) is 2.88. The Morgan fingerprint density at radius 1 is 1.50 bits per heavy atom. The van der Waals surface area contributed by atoms with E-state index >= 15 is 0 Å². The van der Waals surface area contributed by atoms with Crippen LogP contribution in [0.5, 0.6) is 0 Å². The number of carbonyl (C=O) groups is 4. The molecule has 2 amide bonds. The molecule has 0 radical (unpaired) electrons. The zero-order valence-electron chi connectivity index (χ0n) is 16.2. The number of carbonyl (C=O) groups excluding carboxylic acids is 4. The average molecular weight is 449 g/mol. The minimum atomic E-state index is -2.39. The number of aliphatic carboxylic acids is 1. The average Bonchev–Trinajstić information content (AvgIpc) is 3.34. The van der Waals surface area contributed by atoms with Crippen molar-refractivity contribution in [2.24, 2.45) is 5.16 Å². The van der Waals surface area contributed by atoms with Gasteiger partial charge in [0.2, 0.25) is 0 Å². The number of anilines is 1. The Morgan fingerprint density at radius 2 is 2.20 bits per heavy atom. The fraction of sp³-hybridized carbons (Fsp3) is 0.467. The number of nitrogen functional groups attached to an aromatic ring is 1. The smallest absolute Gasteiger partial charge is 0.544 e. The maximum atomic E-state index is 12.8. The van der Waals surface area contributed by atoms with Crippen LogP contribution >= 0.6 is 11.3 Å². The molecular weight excluding hydrogens is 433 g/mol. The molecule has 0 aromatic carbocycles. The van der Waals surface area contributed by atoms with Crippen molar-refractivity contribution in [3.8, 4) is 0 Å². The first kappa shape index (κ1) is 24.0. The first-order valence-electron chi connectivity index (χ1n) is 8.27. The molecule has 3 atom stereocenters. The second-order valence-electron chi connectivity index (χ2n) is 6.13. The Bertz CT molecular complexity index is 907. The van der Waals surface area contributed by atoms with E-state index in [1.807, 2.05) is 0 Å². The summed E-state index contributed by atoms with van der Waals surface area (Å²) in [5.41, 5.74) is 3.04. The van der Waals surface area contributed by atoms with Gasteiger partial charge in [-0.1, -0.05) is 5.16 Å². The largest absolute Gasteiger partial charge is 1.00 e. The van der Waals surface area contributed by atoms with Crippen LogP contribution in [-0.2, 0) is 33.6 Å². The van der Waals surface area contributed by atoms with Gasteiger partial charge in [0, 0.05) is 11.8 Å². The van der Waals surface area contributed by atoms with E-state index in [1.54, 1.807) is 0 Å². The van der Waals surface area contributed by atoms with E-state index in [-0.39, 0.29) is 58.9 Å². The molecule has 30 heavy (non-hydrogen) atoms. The maximum absolute atomic E-state index is 12.8. The molecule has 3 rings (SSSR count). The number of cyclic esters (lactones) is 1. The molecule has 3 N–H and O–H groups in total. The first-order valence-corrected chi connectivity index (χ1v) is 9.15. The summed E-state index contributed by atoms with van der Waals surface area (Å²) in [7, 11) is 1.22. The number of thiazole rings is 1. The molecule has 13 nitrogen and oxygen atoms in total. The van der Waals surface area contributed by atoms with Crippen molar-refractivity contribution in [1.82, 2.24) is 15.4 Å². The van der Waals surface area contributed by atoms with Crippen molar-refractivity contribution < 1.29 is 68.3 Å². The van der Waals surface area contributed by atoms with E-state index in [0.717, 1.165) is 11.3 Å². The number of esters is 1. The van der Waals surface area contributed by atoms with E-state index in [0.29, 0.717) is 5.06 Å². The molecule has 2 aliphatic heterocycles. The zero-order valence-corrected chi connectivity index (χ0v) is 19.1. The van der Waals surface area contributed by atoms with Gasteiger partial charge in [0.05, 0.1) is 6.42 Å². The predicted molar refractivity (Wildman–Crippen MR) is 92.5 cm³/mol. The van der Waals surface area contributed by atoms with E-state index in [2.05, 4.69) is 20.3 Å². The van der Waals surface area contributed by atoms with Gasteiger partial charge in [-0.25, -0.2) is 4.98 Å². The summed E-state index contributed by atoms with van der Waals surface area (Å²) in [4.78, 5) is 62.4. The number of amides is 2. The minimum absolute atomic E-state index is 0. The summed E-state index contributed by atoms with van der Waals surface area (Å²) in [5.74, 6) is -4.39. The summed E-state index contributed by atoms with van der Waals surface area (Å²) in [5, 5.41) is 19.7. The summed E-state index contributed by atoms with van der Waals surface area (Å²) in [6.07, 6.45) is -1.56. The fourth-order valence-corrected chi connectivity index (χ4v) is 3.43. The molecule has 3 heterocycles. The third-order valence-electron chi connectivity index (χ3n) is 4.25. The molecular formula is C15H16N5NaO8S. The standard InChI is InChI=1S/C15H17N5O8S.Na/c1-6-9(18-11(22)10(19-26-2)7-5-29-14(16)17-7)12(23)20(28-6)15(13(24)25)4-3-8(21)27-15;/h5-6,9H,3-4H2,1-2H3,(H2,16,17)(H,18,22)(H,24,25);/q;+1/p-1/t6-,9+,15?;/m1./s1. The van der Waals surface area contributed by atoms with Crippen molar-refractivity contribution in [2.75, 3.05) is 12.8 Å². The Hall–Kier alpha value is -2.26. The number of ether oxygens (including phenoxy) is 1. The number of oxime groups is 1. The number of hydroxylamine groups is 2. The number of hydrogen-bond acceptors (Lipinski definition) is 12. The number of hydrogen-bond donors (Lipinski definition) is 2. The van der Waals surface area contributed by atoms with E-state index in [9.17, 15) is 24.3 Å². The van der Waals surface area contributed by atoms with Crippen LogP contribution in [0.1, 0.15) is 25.5 Å². The molecule has 1 unspecified atom stereocenters. The molecule has 1 aromatic rings. The number of carboxylic acids is 1. The van der Waals surface area contributed by atoms with Crippen LogP contribution in [0.15, 0.2) is 10.5 Å². The molecule has 1 aromatic heterocycles. The summed E-state index contributed by atoms with van der Waals surface area (Å²) < 4.78 is 4.82. The van der Waals surface area contributed by atoms with Crippen LogP contribution in [0, 0.1) is 0 Å². The predicted octanol–water partition coefficient (Wildman–Crippen LogP) is -5.49. The molecule has 0 bridgehead atoms. The second-order valence-corrected chi connectivity index (χ2v) is 7.02. The van der Waals surface area contributed by atoms with Gasteiger partial charge in [0.1, 0.15) is 30.9 Å². The number of nitrogens with one attached hydrogen (secondary N) is 1. The van der Waals surface area contributed by atoms with E-state index in [4.69, 9.17) is 15.3 Å². The van der Waals surface area contributed by atoms with Gasteiger partial charge in [-0.05, 0) is 6.92 Å². The van der Waals surface area contributed by atoms with Crippen molar-refractivity contribution >= 4 is 45.9 Å². The van der Waals surface area contributed by atoms with Crippen molar-refractivity contribution in [1.29, 1.82) is 0 Å². The number of nitrogens with zero attached hydrogens (tertiary/aromatic N) is 3. The van der Waals surface area contributed by atoms with Gasteiger partial charge in [0.25, 0.3) is 17.5 Å². The Labute approximate surface area is 195 Å². The first-order chi connectivity index (χ1) is 13.7. The van der Waals surface area contributed by atoms with Crippen LogP contribution < -0.4 is 45.7 Å². The number of rotatable bonds is 6. The molecule has 0 saturated carbocycles. The van der Waals surface area contributed by atoms with Gasteiger partial charge in [-0.15, -0.1) is 11.3 Å². The maximum Gasteiger partial charge on any atom is 1.00 e. The quantitative estimate of drug-likeness (QED) is 0.184. The number of aromatic nitrogens is 1. The van der Waals surface area contributed by atoms with Crippen molar-refractivity contribution in [3.63, 3.8) is 0 Å². The van der Waals surface area contributed by atoms with Gasteiger partial charge in [-0.3, -0.25) is 19.2 Å². The summed E-state index contributed by atoms with van der Waals surface area (Å²) in [6, 6.07) is -1.30. The molecule has 2 saturated heterocycles. The Balaban J connectivity index is 0.00000320. The Kier molecular flexibility index (Phi) is 7.41. The van der Waals surface area contributed by atoms with Crippen LogP contribution in [0.3, 0.4) is 0 Å². The van der Waals surface area contributed by atoms with Crippen LogP contribution in [-0.4, -0.2) is 64.5 Å². The zero-order chi connectivity index (χ0) is 21.3. The molecule has 2 fully saturated rings. The number of carboxylic acid groups (broad SMARTS) is 1. The summed E-state index contributed by atoms with van der Waals surface area (Å²) in [6.45, 7) is 1.43. The second kappa shape index (κ2) is 9.26. The topological polar surface area (TPSA) is 186 Å².